The topological polar surface area (TPSA) is 40.5 Å². The maximum Gasteiger partial charge on any atom is 0.306 e. The van der Waals surface area contributed by atoms with Crippen LogP contribution >= 0.6 is 0 Å². The Balaban J connectivity index is 2.22. The van der Waals surface area contributed by atoms with E-state index < -0.39 is 5.97 Å². The standard InChI is InChI=1S/C10H19NO2/c1-8(10(12)13)5-6-9-4-3-7-11(9)2/h8-9H,3-7H2,1-2H3,(H,12,13). The molecule has 2 unspecified atom stereocenters. The molecule has 0 aromatic heterocycles. The van der Waals surface area contributed by atoms with Crippen molar-refractivity contribution in [2.24, 2.45) is 5.92 Å². The Bertz CT molecular complexity index is 182. The van der Waals surface area contributed by atoms with E-state index in [1.165, 1.54) is 19.4 Å². The molecule has 0 radical (unpaired) electrons. The zero-order valence-corrected chi connectivity index (χ0v) is 8.49. The van der Waals surface area contributed by atoms with E-state index in [0.29, 0.717) is 6.04 Å². The molecule has 1 saturated heterocycles. The Kier molecular flexibility index (Phi) is 3.72. The molecule has 1 aliphatic rings. The molecule has 0 spiro atoms. The van der Waals surface area contributed by atoms with Gasteiger partial charge < -0.3 is 10.0 Å². The summed E-state index contributed by atoms with van der Waals surface area (Å²) in [5, 5.41) is 8.71. The third-order valence-electron chi connectivity index (χ3n) is 3.03. The first-order chi connectivity index (χ1) is 6.11. The summed E-state index contributed by atoms with van der Waals surface area (Å²) in [6.07, 6.45) is 4.35. The third-order valence-corrected chi connectivity index (χ3v) is 3.03. The van der Waals surface area contributed by atoms with Crippen LogP contribution in [0.25, 0.3) is 0 Å². The maximum atomic E-state index is 10.6. The van der Waals surface area contributed by atoms with E-state index in [-0.39, 0.29) is 5.92 Å². The number of carboxylic acids is 1. The molecule has 0 aliphatic carbocycles. The number of carbonyl (C=O) groups is 1. The summed E-state index contributed by atoms with van der Waals surface area (Å²) in [4.78, 5) is 12.9. The summed E-state index contributed by atoms with van der Waals surface area (Å²) in [5.74, 6) is -0.852. The van der Waals surface area contributed by atoms with E-state index in [1.807, 2.05) is 0 Å². The molecule has 1 aliphatic heterocycles. The molecule has 1 N–H and O–H groups in total. The molecule has 13 heavy (non-hydrogen) atoms. The molecule has 3 nitrogen and oxygen atoms in total. The van der Waals surface area contributed by atoms with Gasteiger partial charge in [-0.05, 0) is 39.3 Å². The van der Waals surface area contributed by atoms with Crippen molar-refractivity contribution in [2.45, 2.75) is 38.6 Å². The first-order valence-electron chi connectivity index (χ1n) is 5.04. The minimum atomic E-state index is -0.666. The molecule has 1 rings (SSSR count). The van der Waals surface area contributed by atoms with Crippen molar-refractivity contribution < 1.29 is 9.90 Å². The molecule has 1 heterocycles. The lowest BCUT2D eigenvalue weighted by atomic mass is 10.0. The molecule has 0 amide bonds. The molecule has 1 fully saturated rings. The quantitative estimate of drug-likeness (QED) is 0.723. The first kappa shape index (κ1) is 10.5. The van der Waals surface area contributed by atoms with Gasteiger partial charge in [-0.1, -0.05) is 6.92 Å². The smallest absolute Gasteiger partial charge is 0.306 e. The monoisotopic (exact) mass is 185 g/mol. The fraction of sp³-hybridized carbons (Fsp3) is 0.900. The highest BCUT2D eigenvalue weighted by molar-refractivity contribution is 5.69. The summed E-state index contributed by atoms with van der Waals surface area (Å²) >= 11 is 0. The second-order valence-electron chi connectivity index (χ2n) is 4.09. The van der Waals surface area contributed by atoms with Gasteiger partial charge in [-0.15, -0.1) is 0 Å². The van der Waals surface area contributed by atoms with Crippen LogP contribution in [0.5, 0.6) is 0 Å². The first-order valence-corrected chi connectivity index (χ1v) is 5.04. The van der Waals surface area contributed by atoms with Gasteiger partial charge in [-0.3, -0.25) is 4.79 Å². The highest BCUT2D eigenvalue weighted by atomic mass is 16.4. The van der Waals surface area contributed by atoms with E-state index in [4.69, 9.17) is 5.11 Å². The molecular weight excluding hydrogens is 166 g/mol. The van der Waals surface area contributed by atoms with E-state index in [1.54, 1.807) is 6.92 Å². The van der Waals surface area contributed by atoms with E-state index in [2.05, 4.69) is 11.9 Å². The number of hydrogen-bond acceptors (Lipinski definition) is 2. The number of rotatable bonds is 4. The van der Waals surface area contributed by atoms with Crippen LogP contribution in [0.1, 0.15) is 32.6 Å². The van der Waals surface area contributed by atoms with Crippen molar-refractivity contribution in [2.75, 3.05) is 13.6 Å². The maximum absolute atomic E-state index is 10.6. The number of carboxylic acid groups (broad SMARTS) is 1. The Morgan fingerprint density at radius 1 is 1.69 bits per heavy atom. The summed E-state index contributed by atoms with van der Waals surface area (Å²) in [5.41, 5.74) is 0. The van der Waals surface area contributed by atoms with Gasteiger partial charge in [0, 0.05) is 6.04 Å². The Labute approximate surface area is 79.7 Å². The van der Waals surface area contributed by atoms with Gasteiger partial charge in [-0.25, -0.2) is 0 Å². The lowest BCUT2D eigenvalue weighted by molar-refractivity contribution is -0.141. The Hall–Kier alpha value is -0.570. The van der Waals surface area contributed by atoms with E-state index in [0.717, 1.165) is 12.8 Å². The van der Waals surface area contributed by atoms with Crippen LogP contribution in [0.4, 0.5) is 0 Å². The fourth-order valence-corrected chi connectivity index (χ4v) is 1.91. The van der Waals surface area contributed by atoms with Crippen molar-refractivity contribution in [3.8, 4) is 0 Å². The number of likely N-dealkylation sites (tertiary alicyclic amines) is 1. The number of hydrogen-bond donors (Lipinski definition) is 1. The molecule has 76 valence electrons. The van der Waals surface area contributed by atoms with E-state index in [9.17, 15) is 4.79 Å². The van der Waals surface area contributed by atoms with Gasteiger partial charge in [-0.2, -0.15) is 0 Å². The molecule has 0 aromatic rings. The zero-order chi connectivity index (χ0) is 9.84. The average molecular weight is 185 g/mol. The van der Waals surface area contributed by atoms with Gasteiger partial charge in [0.1, 0.15) is 0 Å². The highest BCUT2D eigenvalue weighted by Crippen LogP contribution is 2.21. The summed E-state index contributed by atoms with van der Waals surface area (Å²) in [6, 6.07) is 0.627. The van der Waals surface area contributed by atoms with Crippen LogP contribution in [0.3, 0.4) is 0 Å². The summed E-state index contributed by atoms with van der Waals surface area (Å²) in [7, 11) is 2.13. The lowest BCUT2D eigenvalue weighted by Gasteiger charge is -2.19. The van der Waals surface area contributed by atoms with Crippen LogP contribution in [0.15, 0.2) is 0 Å². The molecule has 2 atom stereocenters. The number of nitrogens with zero attached hydrogens (tertiary/aromatic N) is 1. The van der Waals surface area contributed by atoms with Crippen molar-refractivity contribution in [1.82, 2.24) is 4.90 Å². The van der Waals surface area contributed by atoms with Gasteiger partial charge in [0.25, 0.3) is 0 Å². The molecule has 0 saturated carbocycles. The number of aliphatic carboxylic acids is 1. The SMILES string of the molecule is CC(CCC1CCCN1C)C(=O)O. The fourth-order valence-electron chi connectivity index (χ4n) is 1.91. The highest BCUT2D eigenvalue weighted by Gasteiger charge is 2.22. The second-order valence-corrected chi connectivity index (χ2v) is 4.09. The average Bonchev–Trinajstić information content (AvgIpc) is 2.47. The van der Waals surface area contributed by atoms with Gasteiger partial charge in [0.15, 0.2) is 0 Å². The Morgan fingerprint density at radius 3 is 2.85 bits per heavy atom. The molecule has 0 aromatic carbocycles. The molecule has 3 heteroatoms. The molecular formula is C10H19NO2. The minimum Gasteiger partial charge on any atom is -0.481 e. The van der Waals surface area contributed by atoms with Crippen LogP contribution in [-0.4, -0.2) is 35.6 Å². The van der Waals surface area contributed by atoms with Crippen molar-refractivity contribution in [1.29, 1.82) is 0 Å². The minimum absolute atomic E-state index is 0.186. The van der Waals surface area contributed by atoms with Crippen LogP contribution in [0, 0.1) is 5.92 Å². The Morgan fingerprint density at radius 2 is 2.38 bits per heavy atom. The summed E-state index contributed by atoms with van der Waals surface area (Å²) < 4.78 is 0. The van der Waals surface area contributed by atoms with Crippen molar-refractivity contribution in [3.05, 3.63) is 0 Å². The van der Waals surface area contributed by atoms with Crippen LogP contribution in [-0.2, 0) is 4.79 Å². The van der Waals surface area contributed by atoms with Gasteiger partial charge in [0.05, 0.1) is 5.92 Å². The van der Waals surface area contributed by atoms with Gasteiger partial charge in [0.2, 0.25) is 0 Å². The van der Waals surface area contributed by atoms with Crippen LogP contribution < -0.4 is 0 Å². The molecule has 0 bridgehead atoms. The van der Waals surface area contributed by atoms with E-state index >= 15 is 0 Å². The van der Waals surface area contributed by atoms with Crippen molar-refractivity contribution >= 4 is 5.97 Å². The normalized spacial score (nSPS) is 26.2. The van der Waals surface area contributed by atoms with Gasteiger partial charge >= 0.3 is 5.97 Å². The predicted molar refractivity (Wildman–Crippen MR) is 51.7 cm³/mol. The van der Waals surface area contributed by atoms with Crippen molar-refractivity contribution in [3.63, 3.8) is 0 Å². The predicted octanol–water partition coefficient (Wildman–Crippen LogP) is 1.58. The summed E-state index contributed by atoms with van der Waals surface area (Å²) in [6.45, 7) is 2.96. The van der Waals surface area contributed by atoms with Crippen LogP contribution in [0.2, 0.25) is 0 Å². The third kappa shape index (κ3) is 2.99. The largest absolute Gasteiger partial charge is 0.481 e. The lowest BCUT2D eigenvalue weighted by Crippen LogP contribution is -2.25. The zero-order valence-electron chi connectivity index (χ0n) is 8.49. The second kappa shape index (κ2) is 4.61.